The second kappa shape index (κ2) is 8.92. The summed E-state index contributed by atoms with van der Waals surface area (Å²) >= 11 is 5.86. The number of H-pyrrole nitrogens is 1. The molecular weight excluding hydrogens is 400 g/mol. The number of fused-ring (bicyclic) bond motifs is 1. The Morgan fingerprint density at radius 1 is 1.10 bits per heavy atom. The molecule has 0 atom stereocenters. The molecule has 0 saturated carbocycles. The number of benzene rings is 2. The van der Waals surface area contributed by atoms with Crippen LogP contribution < -0.4 is 4.74 Å². The molecule has 2 heterocycles. The third kappa shape index (κ3) is 4.36. The molecule has 1 amide bonds. The zero-order valence-corrected chi connectivity index (χ0v) is 17.7. The molecule has 1 aromatic heterocycles. The van der Waals surface area contributed by atoms with E-state index in [4.69, 9.17) is 16.3 Å². The molecule has 1 aliphatic heterocycles. The second-order valence-corrected chi connectivity index (χ2v) is 8.18. The van der Waals surface area contributed by atoms with E-state index in [1.54, 1.807) is 31.4 Å². The molecule has 0 radical (unpaired) electrons. The maximum absolute atomic E-state index is 12.6. The number of ether oxygens (including phenoxy) is 1. The van der Waals surface area contributed by atoms with Crippen LogP contribution in [0, 0.1) is 0 Å². The van der Waals surface area contributed by atoms with Crippen LogP contribution in [0.25, 0.3) is 10.9 Å². The molecule has 156 valence electrons. The summed E-state index contributed by atoms with van der Waals surface area (Å²) in [5.74, 6) is 1.28. The fourth-order valence-corrected chi connectivity index (χ4v) is 4.31. The Morgan fingerprint density at radius 2 is 1.83 bits per heavy atom. The average Bonchev–Trinajstić information content (AvgIpc) is 3.21. The number of carbonyl (C=O) groups excluding carboxylic acids is 2. The summed E-state index contributed by atoms with van der Waals surface area (Å²) in [6, 6.07) is 12.9. The van der Waals surface area contributed by atoms with Crippen LogP contribution in [0.5, 0.6) is 5.75 Å². The number of Topliss-reactive ketones (excluding diaryl/α,β-unsaturated/α-hetero) is 1. The number of aromatic amines is 1. The van der Waals surface area contributed by atoms with Gasteiger partial charge in [-0.25, -0.2) is 0 Å². The van der Waals surface area contributed by atoms with Crippen molar-refractivity contribution in [2.75, 3.05) is 20.2 Å². The molecule has 30 heavy (non-hydrogen) atoms. The van der Waals surface area contributed by atoms with Crippen molar-refractivity contribution in [1.29, 1.82) is 0 Å². The molecule has 0 aliphatic carbocycles. The standard InChI is InChI=1S/C24H25ClN2O3/c1-30-19-6-7-22-20(14-19)21(15-26-22)16-10-12-27(13-11-16)24(29)9-8-23(28)17-2-4-18(25)5-3-17/h2-7,14-16,26H,8-13H2,1H3. The van der Waals surface area contributed by atoms with Crippen molar-refractivity contribution in [1.82, 2.24) is 9.88 Å². The van der Waals surface area contributed by atoms with Gasteiger partial charge in [0.15, 0.2) is 5.78 Å². The Hall–Kier alpha value is -2.79. The van der Waals surface area contributed by atoms with E-state index in [1.807, 2.05) is 17.0 Å². The highest BCUT2D eigenvalue weighted by atomic mass is 35.5. The molecule has 2 aromatic carbocycles. The summed E-state index contributed by atoms with van der Waals surface area (Å²) in [4.78, 5) is 30.1. The highest BCUT2D eigenvalue weighted by molar-refractivity contribution is 6.30. The zero-order chi connectivity index (χ0) is 21.1. The number of aromatic nitrogens is 1. The fraction of sp³-hybridized carbons (Fsp3) is 0.333. The van der Waals surface area contributed by atoms with Gasteiger partial charge in [0.25, 0.3) is 0 Å². The van der Waals surface area contributed by atoms with Gasteiger partial charge in [-0.2, -0.15) is 0 Å². The van der Waals surface area contributed by atoms with Gasteiger partial charge in [0.1, 0.15) is 5.75 Å². The highest BCUT2D eigenvalue weighted by Crippen LogP contribution is 2.34. The Labute approximate surface area is 181 Å². The summed E-state index contributed by atoms with van der Waals surface area (Å²) in [5.41, 5.74) is 2.99. The monoisotopic (exact) mass is 424 g/mol. The van der Waals surface area contributed by atoms with Crippen molar-refractivity contribution in [2.45, 2.75) is 31.6 Å². The Morgan fingerprint density at radius 3 is 2.53 bits per heavy atom. The molecule has 4 rings (SSSR count). The number of nitrogens with one attached hydrogen (secondary N) is 1. The van der Waals surface area contributed by atoms with Gasteiger partial charge in [-0.1, -0.05) is 11.6 Å². The minimum absolute atomic E-state index is 0.0253. The molecule has 6 heteroatoms. The van der Waals surface area contributed by atoms with Crippen LogP contribution in [-0.4, -0.2) is 41.8 Å². The van der Waals surface area contributed by atoms with Crippen LogP contribution in [0.2, 0.25) is 5.02 Å². The predicted octanol–water partition coefficient (Wildman–Crippen LogP) is 5.20. The lowest BCUT2D eigenvalue weighted by Crippen LogP contribution is -2.38. The van der Waals surface area contributed by atoms with E-state index in [-0.39, 0.29) is 24.5 Å². The molecule has 5 nitrogen and oxygen atoms in total. The summed E-state index contributed by atoms with van der Waals surface area (Å²) in [7, 11) is 1.68. The molecular formula is C24H25ClN2O3. The van der Waals surface area contributed by atoms with Crippen LogP contribution in [-0.2, 0) is 4.79 Å². The number of piperidine rings is 1. The zero-order valence-electron chi connectivity index (χ0n) is 17.0. The van der Waals surface area contributed by atoms with Gasteiger partial charge in [0.05, 0.1) is 7.11 Å². The van der Waals surface area contributed by atoms with E-state index in [2.05, 4.69) is 17.2 Å². The number of hydrogen-bond donors (Lipinski definition) is 1. The number of ketones is 1. The van der Waals surface area contributed by atoms with Crippen molar-refractivity contribution < 1.29 is 14.3 Å². The number of halogens is 1. The molecule has 0 bridgehead atoms. The average molecular weight is 425 g/mol. The quantitative estimate of drug-likeness (QED) is 0.553. The van der Waals surface area contributed by atoms with Gasteiger partial charge in [0.2, 0.25) is 5.91 Å². The molecule has 1 aliphatic rings. The fourth-order valence-electron chi connectivity index (χ4n) is 4.18. The number of likely N-dealkylation sites (tertiary alicyclic amines) is 1. The summed E-state index contributed by atoms with van der Waals surface area (Å²) in [5, 5.41) is 1.78. The van der Waals surface area contributed by atoms with Crippen LogP contribution in [0.3, 0.4) is 0 Å². The van der Waals surface area contributed by atoms with E-state index in [0.29, 0.717) is 16.5 Å². The third-order valence-electron chi connectivity index (χ3n) is 5.94. The molecule has 0 unspecified atom stereocenters. The van der Waals surface area contributed by atoms with E-state index in [0.717, 1.165) is 37.2 Å². The molecule has 3 aromatic rings. The predicted molar refractivity (Wildman–Crippen MR) is 118 cm³/mol. The van der Waals surface area contributed by atoms with Crippen LogP contribution in [0.15, 0.2) is 48.7 Å². The van der Waals surface area contributed by atoms with E-state index >= 15 is 0 Å². The van der Waals surface area contributed by atoms with Gasteiger partial charge in [-0.3, -0.25) is 9.59 Å². The first kappa shape index (κ1) is 20.5. The molecule has 1 saturated heterocycles. The largest absolute Gasteiger partial charge is 0.497 e. The van der Waals surface area contributed by atoms with E-state index in [9.17, 15) is 9.59 Å². The van der Waals surface area contributed by atoms with E-state index < -0.39 is 0 Å². The lowest BCUT2D eigenvalue weighted by Gasteiger charge is -2.32. The number of methoxy groups -OCH3 is 1. The smallest absolute Gasteiger partial charge is 0.223 e. The van der Waals surface area contributed by atoms with Crippen LogP contribution in [0.1, 0.15) is 47.5 Å². The van der Waals surface area contributed by atoms with Crippen molar-refractivity contribution in [3.05, 3.63) is 64.8 Å². The van der Waals surface area contributed by atoms with E-state index in [1.165, 1.54) is 10.9 Å². The first-order valence-corrected chi connectivity index (χ1v) is 10.6. The molecule has 1 N–H and O–H groups in total. The Kier molecular flexibility index (Phi) is 6.09. The minimum atomic E-state index is -0.0253. The van der Waals surface area contributed by atoms with Gasteiger partial charge in [-0.05, 0) is 66.8 Å². The number of amides is 1. The van der Waals surface area contributed by atoms with Gasteiger partial charge in [-0.15, -0.1) is 0 Å². The minimum Gasteiger partial charge on any atom is -0.497 e. The maximum Gasteiger partial charge on any atom is 0.223 e. The van der Waals surface area contributed by atoms with Crippen LogP contribution >= 0.6 is 11.6 Å². The summed E-state index contributed by atoms with van der Waals surface area (Å²) < 4.78 is 5.37. The number of carbonyl (C=O) groups is 2. The Balaban J connectivity index is 1.32. The lowest BCUT2D eigenvalue weighted by molar-refractivity contribution is -0.132. The first-order chi connectivity index (χ1) is 14.5. The maximum atomic E-state index is 12.6. The second-order valence-electron chi connectivity index (χ2n) is 7.74. The Bertz CT molecular complexity index is 1050. The topological polar surface area (TPSA) is 62.4 Å². The van der Waals surface area contributed by atoms with Crippen molar-refractivity contribution >= 4 is 34.2 Å². The number of nitrogens with zero attached hydrogens (tertiary/aromatic N) is 1. The van der Waals surface area contributed by atoms with Crippen molar-refractivity contribution in [3.63, 3.8) is 0 Å². The summed E-state index contributed by atoms with van der Waals surface area (Å²) in [6.07, 6.45) is 4.39. The highest BCUT2D eigenvalue weighted by Gasteiger charge is 2.25. The van der Waals surface area contributed by atoms with Crippen molar-refractivity contribution in [3.8, 4) is 5.75 Å². The van der Waals surface area contributed by atoms with Crippen molar-refractivity contribution in [2.24, 2.45) is 0 Å². The first-order valence-electron chi connectivity index (χ1n) is 10.3. The van der Waals surface area contributed by atoms with Crippen LogP contribution in [0.4, 0.5) is 0 Å². The lowest BCUT2D eigenvalue weighted by atomic mass is 9.89. The third-order valence-corrected chi connectivity index (χ3v) is 6.19. The normalized spacial score (nSPS) is 14.8. The molecule has 0 spiro atoms. The number of rotatable bonds is 6. The summed E-state index contributed by atoms with van der Waals surface area (Å²) in [6.45, 7) is 1.44. The molecule has 1 fully saturated rings. The SMILES string of the molecule is COc1ccc2[nH]cc(C3CCN(C(=O)CCC(=O)c4ccc(Cl)cc4)CC3)c2c1. The van der Waals surface area contributed by atoms with Gasteiger partial charge >= 0.3 is 0 Å². The number of hydrogen-bond acceptors (Lipinski definition) is 3. The van der Waals surface area contributed by atoms with Gasteiger partial charge < -0.3 is 14.6 Å². The van der Waals surface area contributed by atoms with Gasteiger partial charge in [0, 0.05) is 53.6 Å².